The van der Waals surface area contributed by atoms with Crippen LogP contribution >= 0.6 is 0 Å². The fourth-order valence-electron chi connectivity index (χ4n) is 2.64. The van der Waals surface area contributed by atoms with Gasteiger partial charge in [-0.3, -0.25) is 0 Å². The highest BCUT2D eigenvalue weighted by Crippen LogP contribution is 2.24. The summed E-state index contributed by atoms with van der Waals surface area (Å²) in [5.41, 5.74) is 2.18. The summed E-state index contributed by atoms with van der Waals surface area (Å²) >= 11 is 0. The molecule has 1 fully saturated rings. The van der Waals surface area contributed by atoms with E-state index in [0.29, 0.717) is 6.04 Å². The third-order valence-electron chi connectivity index (χ3n) is 3.47. The minimum atomic E-state index is 0.570. The number of benzene rings is 1. The first-order valence-electron chi connectivity index (χ1n) is 6.24. The van der Waals surface area contributed by atoms with Gasteiger partial charge in [0.2, 0.25) is 5.95 Å². The third kappa shape index (κ3) is 1.89. The van der Waals surface area contributed by atoms with Crippen molar-refractivity contribution in [1.29, 1.82) is 0 Å². The van der Waals surface area contributed by atoms with Gasteiger partial charge in [-0.15, -0.1) is 0 Å². The lowest BCUT2D eigenvalue weighted by Gasteiger charge is -2.23. The van der Waals surface area contributed by atoms with E-state index >= 15 is 0 Å². The van der Waals surface area contributed by atoms with Crippen molar-refractivity contribution in [3.05, 3.63) is 24.3 Å². The van der Waals surface area contributed by atoms with Gasteiger partial charge in [-0.05, 0) is 32.0 Å². The van der Waals surface area contributed by atoms with Crippen molar-refractivity contribution in [3.8, 4) is 0 Å². The van der Waals surface area contributed by atoms with Crippen LogP contribution in [0, 0.1) is 0 Å². The number of nitrogens with zero attached hydrogens (tertiary/aromatic N) is 2. The zero-order valence-electron chi connectivity index (χ0n) is 10.1. The maximum atomic E-state index is 4.67. The highest BCUT2D eigenvalue weighted by Gasteiger charge is 2.26. The molecule has 90 valence electrons. The molecule has 1 aliphatic heterocycles. The molecule has 0 aliphatic carbocycles. The zero-order valence-corrected chi connectivity index (χ0v) is 10.1. The van der Waals surface area contributed by atoms with Crippen molar-refractivity contribution in [3.63, 3.8) is 0 Å². The van der Waals surface area contributed by atoms with E-state index in [9.17, 15) is 0 Å². The summed E-state index contributed by atoms with van der Waals surface area (Å²) in [6.07, 6.45) is 2.50. The second kappa shape index (κ2) is 4.37. The number of aromatic amines is 1. The van der Waals surface area contributed by atoms with E-state index in [1.807, 2.05) is 19.2 Å². The van der Waals surface area contributed by atoms with Crippen LogP contribution in [-0.4, -0.2) is 36.1 Å². The van der Waals surface area contributed by atoms with Gasteiger partial charge < -0.3 is 15.2 Å². The van der Waals surface area contributed by atoms with E-state index in [0.717, 1.165) is 30.1 Å². The van der Waals surface area contributed by atoms with Crippen LogP contribution in [-0.2, 0) is 0 Å². The van der Waals surface area contributed by atoms with Crippen LogP contribution in [0.25, 0.3) is 11.0 Å². The Bertz CT molecular complexity index is 472. The van der Waals surface area contributed by atoms with Crippen LogP contribution in [0.2, 0.25) is 0 Å². The Morgan fingerprint density at radius 1 is 1.47 bits per heavy atom. The topological polar surface area (TPSA) is 44.0 Å². The van der Waals surface area contributed by atoms with E-state index < -0.39 is 0 Å². The molecule has 1 aromatic heterocycles. The molecule has 2 heterocycles. The van der Waals surface area contributed by atoms with E-state index in [4.69, 9.17) is 0 Å². The molecule has 2 aromatic rings. The van der Waals surface area contributed by atoms with E-state index in [2.05, 4.69) is 32.3 Å². The minimum absolute atomic E-state index is 0.570. The summed E-state index contributed by atoms with van der Waals surface area (Å²) < 4.78 is 0. The van der Waals surface area contributed by atoms with Crippen LogP contribution in [0.1, 0.15) is 12.8 Å². The number of imidazole rings is 1. The predicted octanol–water partition coefficient (Wildman–Crippen LogP) is 1.75. The number of hydrogen-bond acceptors (Lipinski definition) is 3. The number of rotatable bonds is 3. The second-order valence-corrected chi connectivity index (χ2v) is 4.62. The molecule has 1 saturated heterocycles. The number of anilines is 1. The molecule has 1 unspecified atom stereocenters. The van der Waals surface area contributed by atoms with Gasteiger partial charge in [0.25, 0.3) is 0 Å². The normalized spacial score (nSPS) is 20.3. The quantitative estimate of drug-likeness (QED) is 0.844. The molecule has 1 aromatic carbocycles. The monoisotopic (exact) mass is 230 g/mol. The van der Waals surface area contributed by atoms with Crippen LogP contribution < -0.4 is 10.2 Å². The molecule has 2 N–H and O–H groups in total. The lowest BCUT2D eigenvalue weighted by molar-refractivity contribution is 0.609. The highest BCUT2D eigenvalue weighted by molar-refractivity contribution is 5.77. The standard InChI is InChI=1S/C13H18N4/c1-14-9-10-5-4-8-17(10)13-15-11-6-2-3-7-12(11)16-13/h2-3,6-7,10,14H,4-5,8-9H2,1H3,(H,15,16). The van der Waals surface area contributed by atoms with Crippen LogP contribution in [0.3, 0.4) is 0 Å². The molecule has 0 amide bonds. The molecule has 0 saturated carbocycles. The first-order chi connectivity index (χ1) is 8.38. The Labute approximate surface area is 101 Å². The average Bonchev–Trinajstić information content (AvgIpc) is 2.94. The smallest absolute Gasteiger partial charge is 0.204 e. The van der Waals surface area contributed by atoms with E-state index in [1.54, 1.807) is 0 Å². The number of fused-ring (bicyclic) bond motifs is 1. The fourth-order valence-corrected chi connectivity index (χ4v) is 2.64. The molecule has 17 heavy (non-hydrogen) atoms. The first kappa shape index (κ1) is 10.6. The van der Waals surface area contributed by atoms with Crippen LogP contribution in [0.4, 0.5) is 5.95 Å². The van der Waals surface area contributed by atoms with Gasteiger partial charge in [-0.25, -0.2) is 4.98 Å². The highest BCUT2D eigenvalue weighted by atomic mass is 15.3. The summed E-state index contributed by atoms with van der Waals surface area (Å²) in [6, 6.07) is 8.77. The summed E-state index contributed by atoms with van der Waals surface area (Å²) in [6.45, 7) is 2.13. The van der Waals surface area contributed by atoms with E-state index in [1.165, 1.54) is 12.8 Å². The van der Waals surface area contributed by atoms with Gasteiger partial charge in [-0.1, -0.05) is 12.1 Å². The first-order valence-corrected chi connectivity index (χ1v) is 6.24. The number of hydrogen-bond donors (Lipinski definition) is 2. The lowest BCUT2D eigenvalue weighted by atomic mass is 10.2. The average molecular weight is 230 g/mol. The molecule has 4 heteroatoms. The Hall–Kier alpha value is -1.55. The lowest BCUT2D eigenvalue weighted by Crippen LogP contribution is -2.37. The maximum Gasteiger partial charge on any atom is 0.204 e. The molecular formula is C13H18N4. The molecule has 0 bridgehead atoms. The summed E-state index contributed by atoms with van der Waals surface area (Å²) in [7, 11) is 2.01. The summed E-state index contributed by atoms with van der Waals surface area (Å²) in [5.74, 6) is 1.02. The molecule has 1 atom stereocenters. The van der Waals surface area contributed by atoms with E-state index in [-0.39, 0.29) is 0 Å². The maximum absolute atomic E-state index is 4.67. The zero-order chi connectivity index (χ0) is 11.7. The SMILES string of the molecule is CNCC1CCCN1c1nc2ccccc2[nH]1. The van der Waals surface area contributed by atoms with Gasteiger partial charge in [0.05, 0.1) is 11.0 Å². The summed E-state index contributed by atoms with van der Waals surface area (Å²) in [4.78, 5) is 10.5. The Morgan fingerprint density at radius 2 is 2.35 bits per heavy atom. The summed E-state index contributed by atoms with van der Waals surface area (Å²) in [5, 5.41) is 3.26. The number of likely N-dealkylation sites (N-methyl/N-ethyl adjacent to an activating group) is 1. The molecule has 1 aliphatic rings. The van der Waals surface area contributed by atoms with Gasteiger partial charge >= 0.3 is 0 Å². The van der Waals surface area contributed by atoms with Crippen molar-refractivity contribution < 1.29 is 0 Å². The predicted molar refractivity (Wildman–Crippen MR) is 70.4 cm³/mol. The van der Waals surface area contributed by atoms with Crippen LogP contribution in [0.15, 0.2) is 24.3 Å². The van der Waals surface area contributed by atoms with Gasteiger partial charge in [0.1, 0.15) is 0 Å². The molecule has 0 spiro atoms. The largest absolute Gasteiger partial charge is 0.338 e. The van der Waals surface area contributed by atoms with Crippen molar-refractivity contribution in [2.24, 2.45) is 0 Å². The van der Waals surface area contributed by atoms with Crippen molar-refractivity contribution in [2.75, 3.05) is 25.0 Å². The number of nitrogens with one attached hydrogen (secondary N) is 2. The molecule has 4 nitrogen and oxygen atoms in total. The Morgan fingerprint density at radius 3 is 3.18 bits per heavy atom. The fraction of sp³-hybridized carbons (Fsp3) is 0.462. The van der Waals surface area contributed by atoms with Gasteiger partial charge in [-0.2, -0.15) is 0 Å². The number of para-hydroxylation sites is 2. The number of aromatic nitrogens is 2. The number of H-pyrrole nitrogens is 1. The Kier molecular flexibility index (Phi) is 2.73. The molecule has 0 radical (unpaired) electrons. The third-order valence-corrected chi connectivity index (χ3v) is 3.47. The van der Waals surface area contributed by atoms with Crippen LogP contribution in [0.5, 0.6) is 0 Å². The Balaban J connectivity index is 1.92. The molecule has 3 rings (SSSR count). The van der Waals surface area contributed by atoms with Gasteiger partial charge in [0.15, 0.2) is 0 Å². The van der Waals surface area contributed by atoms with Crippen molar-refractivity contribution >= 4 is 17.0 Å². The van der Waals surface area contributed by atoms with Crippen molar-refractivity contribution in [2.45, 2.75) is 18.9 Å². The minimum Gasteiger partial charge on any atom is -0.338 e. The molecular weight excluding hydrogens is 212 g/mol. The van der Waals surface area contributed by atoms with Gasteiger partial charge in [0, 0.05) is 19.1 Å². The second-order valence-electron chi connectivity index (χ2n) is 4.62. The van der Waals surface area contributed by atoms with Crippen molar-refractivity contribution in [1.82, 2.24) is 15.3 Å².